The Balaban J connectivity index is 1.62. The molecule has 36 heavy (non-hydrogen) atoms. The summed E-state index contributed by atoms with van der Waals surface area (Å²) in [5.41, 5.74) is 14.8. The van der Waals surface area contributed by atoms with E-state index in [1.807, 2.05) is 12.1 Å². The van der Waals surface area contributed by atoms with Gasteiger partial charge in [-0.3, -0.25) is 0 Å². The van der Waals surface area contributed by atoms with Crippen molar-refractivity contribution in [3.63, 3.8) is 0 Å². The van der Waals surface area contributed by atoms with Crippen LogP contribution in [0.4, 0.5) is 22.7 Å². The summed E-state index contributed by atoms with van der Waals surface area (Å²) in [5.74, 6) is 0. The first-order valence-corrected chi connectivity index (χ1v) is 12.2. The van der Waals surface area contributed by atoms with Gasteiger partial charge in [-0.1, -0.05) is 97.1 Å². The van der Waals surface area contributed by atoms with Crippen molar-refractivity contribution in [1.29, 1.82) is 0 Å². The first-order chi connectivity index (χ1) is 17.8. The quantitative estimate of drug-likeness (QED) is 0.259. The molecular formula is C34H26N2. The molecule has 0 aliphatic heterocycles. The van der Waals surface area contributed by atoms with E-state index in [9.17, 15) is 0 Å². The van der Waals surface area contributed by atoms with Crippen molar-refractivity contribution in [1.82, 2.24) is 0 Å². The molecule has 0 aliphatic rings. The topological polar surface area (TPSA) is 29.3 Å². The smallest absolute Gasteiger partial charge is 0.0468 e. The zero-order valence-electron chi connectivity index (χ0n) is 19.9. The number of anilines is 4. The highest BCUT2D eigenvalue weighted by Gasteiger charge is 2.17. The lowest BCUT2D eigenvalue weighted by Crippen LogP contribution is -2.10. The molecule has 0 radical (unpaired) electrons. The summed E-state index contributed by atoms with van der Waals surface area (Å²) < 4.78 is 0. The molecule has 0 amide bonds. The summed E-state index contributed by atoms with van der Waals surface area (Å²) >= 11 is 0. The first kappa shape index (κ1) is 21.7. The molecule has 0 saturated heterocycles. The molecule has 0 bridgehead atoms. The molecule has 0 spiro atoms. The third-order valence-corrected chi connectivity index (χ3v) is 6.59. The second-order valence-corrected chi connectivity index (χ2v) is 8.89. The van der Waals surface area contributed by atoms with Crippen LogP contribution < -0.4 is 10.6 Å². The highest BCUT2D eigenvalue weighted by atomic mass is 15.1. The van der Waals surface area contributed by atoms with Crippen LogP contribution in [-0.2, 0) is 0 Å². The van der Waals surface area contributed by atoms with E-state index in [2.05, 4.69) is 138 Å². The van der Waals surface area contributed by atoms with Gasteiger partial charge in [-0.05, 0) is 81.6 Å². The molecule has 6 rings (SSSR count). The molecule has 6 aromatic rings. The van der Waals surface area contributed by atoms with Crippen molar-refractivity contribution in [2.75, 3.05) is 10.6 Å². The predicted octanol–water partition coefficient (Wildman–Crippen LogP) is 9.23. The number of fused-ring (bicyclic) bond motifs is 1. The van der Waals surface area contributed by atoms with Crippen molar-refractivity contribution in [3.05, 3.63) is 146 Å². The van der Waals surface area contributed by atoms with Crippen molar-refractivity contribution in [2.45, 2.75) is 0 Å². The zero-order chi connectivity index (χ0) is 24.3. The van der Waals surface area contributed by atoms with Crippen molar-refractivity contribution in [2.24, 2.45) is 0 Å². The van der Waals surface area contributed by atoms with Gasteiger partial charge in [-0.2, -0.15) is 0 Å². The van der Waals surface area contributed by atoms with E-state index in [1.165, 1.54) is 27.5 Å². The summed E-state index contributed by atoms with van der Waals surface area (Å²) in [6.45, 7) is 0. The molecule has 2 heteroatoms. The molecule has 0 aliphatic carbocycles. The van der Waals surface area contributed by atoms with Gasteiger partial charge in [0, 0.05) is 22.7 Å². The number of nitrogens with zero attached hydrogens (tertiary/aromatic N) is 1. The number of nitrogen functional groups attached to an aromatic ring is 1. The minimum atomic E-state index is 0.765. The molecule has 0 saturated carbocycles. The molecule has 172 valence electrons. The second kappa shape index (κ2) is 9.44. The number of para-hydroxylation sites is 2. The van der Waals surface area contributed by atoms with Gasteiger partial charge in [0.15, 0.2) is 0 Å². The third kappa shape index (κ3) is 4.10. The van der Waals surface area contributed by atoms with Crippen LogP contribution >= 0.6 is 0 Å². The van der Waals surface area contributed by atoms with Crippen LogP contribution in [0.3, 0.4) is 0 Å². The highest BCUT2D eigenvalue weighted by molar-refractivity contribution is 6.01. The number of benzene rings is 6. The van der Waals surface area contributed by atoms with Crippen LogP contribution in [0.15, 0.2) is 146 Å². The molecule has 6 aromatic carbocycles. The van der Waals surface area contributed by atoms with Crippen LogP contribution in [0, 0.1) is 0 Å². The average molecular weight is 463 g/mol. The summed E-state index contributed by atoms with van der Waals surface area (Å²) in [4.78, 5) is 2.31. The fraction of sp³-hybridized carbons (Fsp3) is 0. The monoisotopic (exact) mass is 462 g/mol. The van der Waals surface area contributed by atoms with Gasteiger partial charge in [0.2, 0.25) is 0 Å². The minimum Gasteiger partial charge on any atom is -0.399 e. The van der Waals surface area contributed by atoms with E-state index >= 15 is 0 Å². The fourth-order valence-corrected chi connectivity index (χ4v) is 4.87. The summed E-state index contributed by atoms with van der Waals surface area (Å²) in [7, 11) is 0. The Kier molecular flexibility index (Phi) is 5.69. The van der Waals surface area contributed by atoms with Gasteiger partial charge < -0.3 is 10.6 Å². The summed E-state index contributed by atoms with van der Waals surface area (Å²) in [5, 5.41) is 2.46. The van der Waals surface area contributed by atoms with Crippen molar-refractivity contribution >= 4 is 33.5 Å². The van der Waals surface area contributed by atoms with E-state index in [0.29, 0.717) is 0 Å². The van der Waals surface area contributed by atoms with E-state index in [4.69, 9.17) is 5.73 Å². The zero-order valence-corrected chi connectivity index (χ0v) is 19.9. The Hall–Kier alpha value is -4.82. The predicted molar refractivity (Wildman–Crippen MR) is 154 cm³/mol. The first-order valence-electron chi connectivity index (χ1n) is 12.2. The number of hydrogen-bond acceptors (Lipinski definition) is 2. The molecule has 0 aromatic heterocycles. The molecule has 0 atom stereocenters. The SMILES string of the molecule is Nc1ccc(-c2ccc(N(c3ccccc3)c3ccccc3)cc2-c2cccc3ccccc23)cc1. The maximum atomic E-state index is 6.01. The molecule has 2 nitrogen and oxygen atoms in total. The van der Waals surface area contributed by atoms with Crippen LogP contribution in [0.1, 0.15) is 0 Å². The molecule has 0 heterocycles. The lowest BCUT2D eigenvalue weighted by atomic mass is 9.90. The summed E-state index contributed by atoms with van der Waals surface area (Å²) in [6.07, 6.45) is 0. The Morgan fingerprint density at radius 3 is 1.72 bits per heavy atom. The second-order valence-electron chi connectivity index (χ2n) is 8.89. The van der Waals surface area contributed by atoms with E-state index in [1.54, 1.807) is 0 Å². The molecule has 0 fully saturated rings. The van der Waals surface area contributed by atoms with Crippen LogP contribution in [0.2, 0.25) is 0 Å². The van der Waals surface area contributed by atoms with Crippen LogP contribution in [0.25, 0.3) is 33.0 Å². The highest BCUT2D eigenvalue weighted by Crippen LogP contribution is 2.42. The maximum Gasteiger partial charge on any atom is 0.0468 e. The Labute approximate surface area is 211 Å². The minimum absolute atomic E-state index is 0.765. The Morgan fingerprint density at radius 2 is 1.03 bits per heavy atom. The number of hydrogen-bond donors (Lipinski definition) is 1. The van der Waals surface area contributed by atoms with Gasteiger partial charge in [0.1, 0.15) is 0 Å². The number of rotatable bonds is 5. The van der Waals surface area contributed by atoms with Gasteiger partial charge in [-0.15, -0.1) is 0 Å². The normalized spacial score (nSPS) is 10.9. The fourth-order valence-electron chi connectivity index (χ4n) is 4.87. The lowest BCUT2D eigenvalue weighted by molar-refractivity contribution is 1.28. The Bertz CT molecular complexity index is 1580. The standard InChI is InChI=1S/C34H26N2/c35-27-20-18-26(19-21-27)32-23-22-30(24-34(32)33-17-9-11-25-10-7-8-16-31(25)33)36(28-12-3-1-4-13-28)29-14-5-2-6-15-29/h1-24H,35H2. The van der Waals surface area contributed by atoms with Gasteiger partial charge in [0.05, 0.1) is 0 Å². The van der Waals surface area contributed by atoms with Crippen molar-refractivity contribution in [3.8, 4) is 22.3 Å². The van der Waals surface area contributed by atoms with Crippen LogP contribution in [-0.4, -0.2) is 0 Å². The maximum absolute atomic E-state index is 6.01. The van der Waals surface area contributed by atoms with Crippen LogP contribution in [0.5, 0.6) is 0 Å². The average Bonchev–Trinajstić information content (AvgIpc) is 2.95. The number of nitrogens with two attached hydrogens (primary N) is 1. The van der Waals surface area contributed by atoms with Gasteiger partial charge >= 0.3 is 0 Å². The Morgan fingerprint density at radius 1 is 0.417 bits per heavy atom. The van der Waals surface area contributed by atoms with E-state index in [-0.39, 0.29) is 0 Å². The summed E-state index contributed by atoms with van der Waals surface area (Å²) in [6, 6.07) is 51.1. The van der Waals surface area contributed by atoms with E-state index in [0.717, 1.165) is 28.3 Å². The lowest BCUT2D eigenvalue weighted by Gasteiger charge is -2.27. The third-order valence-electron chi connectivity index (χ3n) is 6.59. The van der Waals surface area contributed by atoms with E-state index < -0.39 is 0 Å². The molecule has 0 unspecified atom stereocenters. The van der Waals surface area contributed by atoms with Gasteiger partial charge in [0.25, 0.3) is 0 Å². The van der Waals surface area contributed by atoms with Crippen molar-refractivity contribution < 1.29 is 0 Å². The largest absolute Gasteiger partial charge is 0.399 e. The van der Waals surface area contributed by atoms with Gasteiger partial charge in [-0.25, -0.2) is 0 Å². The molecular weight excluding hydrogens is 436 g/mol. The molecule has 2 N–H and O–H groups in total.